The average molecular weight is 491 g/mol. The van der Waals surface area contributed by atoms with Crippen LogP contribution in [0.5, 0.6) is 0 Å². The van der Waals surface area contributed by atoms with Gasteiger partial charge in [-0.05, 0) is 50.6 Å². The summed E-state index contributed by atoms with van der Waals surface area (Å²) in [6.07, 6.45) is 4.28. The lowest BCUT2D eigenvalue weighted by Gasteiger charge is -2.29. The summed E-state index contributed by atoms with van der Waals surface area (Å²) in [6.45, 7) is 8.03. The Morgan fingerprint density at radius 3 is 2.08 bits per heavy atom. The number of benzene rings is 2. The van der Waals surface area contributed by atoms with Gasteiger partial charge < -0.3 is 9.80 Å². The van der Waals surface area contributed by atoms with E-state index in [0.29, 0.717) is 33.9 Å². The molecule has 0 bridgehead atoms. The Labute approximate surface area is 216 Å². The molecule has 3 heterocycles. The Morgan fingerprint density at radius 2 is 1.46 bits per heavy atom. The highest BCUT2D eigenvalue weighted by Crippen LogP contribution is 2.42. The van der Waals surface area contributed by atoms with E-state index in [0.717, 1.165) is 27.8 Å². The third-order valence-corrected chi connectivity index (χ3v) is 6.99. The lowest BCUT2D eigenvalue weighted by molar-refractivity contribution is -0.124. The van der Waals surface area contributed by atoms with Crippen LogP contribution < -0.4 is 0 Å². The van der Waals surface area contributed by atoms with Crippen molar-refractivity contribution in [2.24, 2.45) is 0 Å². The third-order valence-electron chi connectivity index (χ3n) is 6.99. The summed E-state index contributed by atoms with van der Waals surface area (Å²) in [4.78, 5) is 40.4. The Balaban J connectivity index is 1.92. The minimum absolute atomic E-state index is 0.0520. The van der Waals surface area contributed by atoms with Crippen molar-refractivity contribution in [1.82, 2.24) is 19.8 Å². The van der Waals surface area contributed by atoms with Crippen LogP contribution in [0.2, 0.25) is 0 Å². The summed E-state index contributed by atoms with van der Waals surface area (Å²) in [5.41, 5.74) is 3.16. The zero-order valence-corrected chi connectivity index (χ0v) is 21.8. The van der Waals surface area contributed by atoms with Crippen LogP contribution in [0.15, 0.2) is 84.2 Å². The maximum Gasteiger partial charge on any atom is 0.261 e. The van der Waals surface area contributed by atoms with Crippen LogP contribution in [0.25, 0.3) is 32.9 Å². The van der Waals surface area contributed by atoms with E-state index in [1.54, 1.807) is 17.3 Å². The van der Waals surface area contributed by atoms with Gasteiger partial charge in [0.25, 0.3) is 5.91 Å². The van der Waals surface area contributed by atoms with E-state index in [9.17, 15) is 9.59 Å². The zero-order valence-electron chi connectivity index (χ0n) is 21.8. The van der Waals surface area contributed by atoms with Crippen LogP contribution in [-0.4, -0.2) is 51.1 Å². The number of aromatic nitrogens is 2. The molecule has 0 saturated heterocycles. The average Bonchev–Trinajstić information content (AvgIpc) is 3.20. The molecule has 186 valence electrons. The van der Waals surface area contributed by atoms with E-state index >= 15 is 0 Å². The fourth-order valence-electron chi connectivity index (χ4n) is 5.00. The second-order valence-corrected chi connectivity index (χ2v) is 9.84. The molecule has 1 amide bonds. The molecular weight excluding hydrogens is 460 g/mol. The number of rotatable bonds is 6. The molecule has 0 radical (unpaired) electrons. The van der Waals surface area contributed by atoms with Gasteiger partial charge in [-0.25, -0.2) is 0 Å². The quantitative estimate of drug-likeness (QED) is 0.256. The van der Waals surface area contributed by atoms with E-state index in [-0.39, 0.29) is 18.0 Å². The summed E-state index contributed by atoms with van der Waals surface area (Å²) in [6, 6.07) is 19.6. The summed E-state index contributed by atoms with van der Waals surface area (Å²) >= 11 is 0. The second-order valence-electron chi connectivity index (χ2n) is 9.84. The van der Waals surface area contributed by atoms with Gasteiger partial charge in [-0.2, -0.15) is 0 Å². The predicted octanol–water partition coefficient (Wildman–Crippen LogP) is 5.70. The van der Waals surface area contributed by atoms with Gasteiger partial charge in [0.15, 0.2) is 6.29 Å². The molecule has 0 aliphatic carbocycles. The largest absolute Gasteiger partial charge is 0.370 e. The molecule has 6 heteroatoms. The van der Waals surface area contributed by atoms with Crippen LogP contribution in [0, 0.1) is 0 Å². The summed E-state index contributed by atoms with van der Waals surface area (Å²) < 4.78 is 0. The molecule has 0 N–H and O–H groups in total. The molecule has 0 saturated carbocycles. The summed E-state index contributed by atoms with van der Waals surface area (Å²) in [5.74, 6) is -0.223. The number of hydrogen-bond donors (Lipinski definition) is 0. The smallest absolute Gasteiger partial charge is 0.261 e. The molecule has 1 aliphatic rings. The molecule has 5 rings (SSSR count). The van der Waals surface area contributed by atoms with Gasteiger partial charge in [-0.15, -0.1) is 0 Å². The number of aldehydes is 1. The Bertz CT molecular complexity index is 1590. The van der Waals surface area contributed by atoms with Gasteiger partial charge in [0.1, 0.15) is 0 Å². The van der Waals surface area contributed by atoms with Gasteiger partial charge in [0, 0.05) is 42.3 Å². The van der Waals surface area contributed by atoms with Crippen molar-refractivity contribution in [3.8, 4) is 0 Å². The number of nitrogens with zero attached hydrogens (tertiary/aromatic N) is 4. The fourth-order valence-corrected chi connectivity index (χ4v) is 5.00. The van der Waals surface area contributed by atoms with E-state index in [1.807, 2.05) is 86.5 Å². The number of pyridine rings is 2. The number of amides is 1. The maximum absolute atomic E-state index is 14.3. The molecule has 6 nitrogen and oxygen atoms in total. The second kappa shape index (κ2) is 9.62. The molecule has 0 fully saturated rings. The molecule has 2 aromatic heterocycles. The van der Waals surface area contributed by atoms with E-state index in [4.69, 9.17) is 4.98 Å². The van der Waals surface area contributed by atoms with E-state index in [1.165, 1.54) is 0 Å². The van der Waals surface area contributed by atoms with Crippen LogP contribution in [-0.2, 0) is 9.59 Å². The molecule has 1 aliphatic heterocycles. The van der Waals surface area contributed by atoms with Gasteiger partial charge in [-0.1, -0.05) is 48.5 Å². The SMILES string of the molecule is CC(C)N1C(=O)/C(=C(\c2nccc3ccccc23)N(C)C(C)C)C(C=O)=C1c1nccc2ccccc12. The van der Waals surface area contributed by atoms with Crippen molar-refractivity contribution in [2.75, 3.05) is 7.05 Å². The minimum atomic E-state index is -0.223. The monoisotopic (exact) mass is 490 g/mol. The number of hydrogen-bond acceptors (Lipinski definition) is 5. The molecule has 0 spiro atoms. The van der Waals surface area contributed by atoms with Crippen LogP contribution in [0.3, 0.4) is 0 Å². The highest BCUT2D eigenvalue weighted by molar-refractivity contribution is 6.23. The van der Waals surface area contributed by atoms with Crippen molar-refractivity contribution in [2.45, 2.75) is 39.8 Å². The summed E-state index contributed by atoms with van der Waals surface area (Å²) in [5, 5.41) is 3.82. The highest BCUT2D eigenvalue weighted by Gasteiger charge is 2.41. The Hall–Kier alpha value is -4.32. The fraction of sp³-hybridized carbons (Fsp3) is 0.226. The maximum atomic E-state index is 14.3. The molecule has 4 aromatic rings. The molecule has 0 unspecified atom stereocenters. The predicted molar refractivity (Wildman–Crippen MR) is 148 cm³/mol. The Morgan fingerprint density at radius 1 is 0.865 bits per heavy atom. The Kier molecular flexibility index (Phi) is 6.34. The van der Waals surface area contributed by atoms with Crippen molar-refractivity contribution in [3.63, 3.8) is 0 Å². The van der Waals surface area contributed by atoms with Gasteiger partial charge >= 0.3 is 0 Å². The van der Waals surface area contributed by atoms with Gasteiger partial charge in [0.05, 0.1) is 33.9 Å². The van der Waals surface area contributed by atoms with Gasteiger partial charge in [0.2, 0.25) is 0 Å². The van der Waals surface area contributed by atoms with Crippen LogP contribution in [0.1, 0.15) is 39.1 Å². The third kappa shape index (κ3) is 3.99. The number of fused-ring (bicyclic) bond motifs is 2. The van der Waals surface area contributed by atoms with E-state index < -0.39 is 0 Å². The molecule has 2 aromatic carbocycles. The highest BCUT2D eigenvalue weighted by atomic mass is 16.2. The van der Waals surface area contributed by atoms with E-state index in [2.05, 4.69) is 18.8 Å². The van der Waals surface area contributed by atoms with Crippen LogP contribution in [0.4, 0.5) is 0 Å². The van der Waals surface area contributed by atoms with Crippen molar-refractivity contribution in [3.05, 3.63) is 95.6 Å². The normalized spacial score (nSPS) is 15.4. The topological polar surface area (TPSA) is 66.4 Å². The van der Waals surface area contributed by atoms with Gasteiger partial charge in [-0.3, -0.25) is 19.6 Å². The first-order valence-electron chi connectivity index (χ1n) is 12.5. The first-order valence-corrected chi connectivity index (χ1v) is 12.5. The van der Waals surface area contributed by atoms with Crippen molar-refractivity contribution in [1.29, 1.82) is 0 Å². The lowest BCUT2D eigenvalue weighted by Crippen LogP contribution is -2.34. The first-order chi connectivity index (χ1) is 17.8. The molecule has 0 atom stereocenters. The first kappa shape index (κ1) is 24.4. The number of carbonyl (C=O) groups is 2. The minimum Gasteiger partial charge on any atom is -0.370 e. The standard InChI is InChI=1S/C31H30N4O2/c1-19(2)34(5)30(28-24-13-9-7-11-22(24)15-17-33-28)26-25(18-36)29(35(20(3)4)31(26)37)27-23-12-8-6-10-21(23)14-16-32-27/h6-20H,1-5H3/b30-26+. The van der Waals surface area contributed by atoms with Crippen molar-refractivity contribution >= 4 is 45.1 Å². The molecule has 37 heavy (non-hydrogen) atoms. The molecular formula is C31H30N4O2. The number of carbonyl (C=O) groups excluding carboxylic acids is 2. The zero-order chi connectivity index (χ0) is 26.3. The van der Waals surface area contributed by atoms with Crippen LogP contribution >= 0.6 is 0 Å². The lowest BCUT2D eigenvalue weighted by atomic mass is 9.97. The van der Waals surface area contributed by atoms with Crippen molar-refractivity contribution < 1.29 is 9.59 Å². The summed E-state index contributed by atoms with van der Waals surface area (Å²) in [7, 11) is 1.94.